The molecule has 162 valence electrons. The largest absolute Gasteiger partial charge is 0.383 e. The lowest BCUT2D eigenvalue weighted by molar-refractivity contribution is 0.0152. The highest BCUT2D eigenvalue weighted by atomic mass is 16.5. The van der Waals surface area contributed by atoms with Gasteiger partial charge >= 0.3 is 0 Å². The maximum Gasteiger partial charge on any atom is 0.0630 e. The number of unbranched alkanes of at least 4 members (excludes halogenated alkanes) is 1. The first-order valence-corrected chi connectivity index (χ1v) is 11.7. The molecule has 0 bridgehead atoms. The molecule has 4 heteroatoms. The fraction of sp³-hybridized carbons (Fsp3) is 1.00. The molecule has 0 spiro atoms. The van der Waals surface area contributed by atoms with Gasteiger partial charge in [-0.2, -0.15) is 0 Å². The molecule has 0 aliphatic carbocycles. The summed E-state index contributed by atoms with van der Waals surface area (Å²) in [4.78, 5) is 7.83. The Balaban J connectivity index is 0.000000828. The highest BCUT2D eigenvalue weighted by Gasteiger charge is 2.28. The Kier molecular flexibility index (Phi) is 13.6. The monoisotopic (exact) mass is 383 g/mol. The van der Waals surface area contributed by atoms with Gasteiger partial charge in [-0.1, -0.05) is 47.0 Å². The molecule has 0 aromatic heterocycles. The first-order chi connectivity index (χ1) is 13.0. The molecular weight excluding hydrogens is 334 g/mol. The lowest BCUT2D eigenvalue weighted by Crippen LogP contribution is -2.56. The van der Waals surface area contributed by atoms with Crippen LogP contribution in [0.1, 0.15) is 66.2 Å². The number of piperidine rings is 1. The number of hydrogen-bond donors (Lipinski definition) is 0. The van der Waals surface area contributed by atoms with Crippen molar-refractivity contribution in [1.82, 2.24) is 14.7 Å². The maximum absolute atomic E-state index is 5.51. The van der Waals surface area contributed by atoms with Crippen molar-refractivity contribution < 1.29 is 4.74 Å². The lowest BCUT2D eigenvalue weighted by atomic mass is 9.93. The Hall–Kier alpha value is -0.160. The van der Waals surface area contributed by atoms with Crippen molar-refractivity contribution >= 4 is 0 Å². The van der Waals surface area contributed by atoms with Gasteiger partial charge in [-0.05, 0) is 57.8 Å². The fourth-order valence-electron chi connectivity index (χ4n) is 4.00. The molecule has 2 heterocycles. The molecule has 2 aliphatic rings. The molecule has 2 unspecified atom stereocenters. The van der Waals surface area contributed by atoms with Gasteiger partial charge in [0.2, 0.25) is 0 Å². The van der Waals surface area contributed by atoms with Gasteiger partial charge in [-0.3, -0.25) is 4.90 Å². The summed E-state index contributed by atoms with van der Waals surface area (Å²) in [6, 6.07) is 0.584. The van der Waals surface area contributed by atoms with E-state index in [1.807, 2.05) is 7.11 Å². The first-order valence-electron chi connectivity index (χ1n) is 11.7. The zero-order chi connectivity index (χ0) is 20.1. The number of nitrogens with zero attached hydrogens (tertiary/aromatic N) is 3. The summed E-state index contributed by atoms with van der Waals surface area (Å²) < 4.78 is 5.51. The van der Waals surface area contributed by atoms with E-state index < -0.39 is 0 Å². The van der Waals surface area contributed by atoms with Gasteiger partial charge in [0.1, 0.15) is 0 Å². The Morgan fingerprint density at radius 1 is 1.00 bits per heavy atom. The lowest BCUT2D eigenvalue weighted by Gasteiger charge is -2.42. The van der Waals surface area contributed by atoms with Crippen molar-refractivity contribution in [1.29, 1.82) is 0 Å². The molecule has 4 nitrogen and oxygen atoms in total. The number of ether oxygens (including phenoxy) is 1. The number of methoxy groups -OCH3 is 1. The average Bonchev–Trinajstić information content (AvgIpc) is 2.69. The first kappa shape index (κ1) is 24.9. The van der Waals surface area contributed by atoms with Gasteiger partial charge < -0.3 is 14.5 Å². The van der Waals surface area contributed by atoms with Gasteiger partial charge in [0.25, 0.3) is 0 Å². The van der Waals surface area contributed by atoms with Crippen LogP contribution in [-0.2, 0) is 4.74 Å². The molecule has 2 atom stereocenters. The SMILES string of the molecule is CCC(C)CN1CCN(CCC2CCN(C)CC2)CC1COC.CCCC. The van der Waals surface area contributed by atoms with Gasteiger partial charge in [0.15, 0.2) is 0 Å². The normalized spacial score (nSPS) is 24.4. The Bertz CT molecular complexity index is 343. The molecule has 2 saturated heterocycles. The molecule has 0 aromatic carbocycles. The van der Waals surface area contributed by atoms with Crippen LogP contribution in [0.5, 0.6) is 0 Å². The third kappa shape index (κ3) is 10.3. The van der Waals surface area contributed by atoms with Crippen LogP contribution in [-0.4, -0.2) is 87.3 Å². The third-order valence-electron chi connectivity index (χ3n) is 6.48. The molecule has 27 heavy (non-hydrogen) atoms. The van der Waals surface area contributed by atoms with Crippen molar-refractivity contribution in [3.05, 3.63) is 0 Å². The molecule has 0 saturated carbocycles. The Morgan fingerprint density at radius 2 is 1.67 bits per heavy atom. The minimum atomic E-state index is 0.584. The van der Waals surface area contributed by atoms with Crippen molar-refractivity contribution in [3.8, 4) is 0 Å². The van der Waals surface area contributed by atoms with Gasteiger partial charge in [0.05, 0.1) is 6.61 Å². The van der Waals surface area contributed by atoms with E-state index in [4.69, 9.17) is 4.74 Å². The second-order valence-electron chi connectivity index (χ2n) is 8.95. The highest BCUT2D eigenvalue weighted by Crippen LogP contribution is 2.21. The molecule has 2 fully saturated rings. The van der Waals surface area contributed by atoms with Crippen LogP contribution >= 0.6 is 0 Å². The zero-order valence-corrected chi connectivity index (χ0v) is 19.4. The van der Waals surface area contributed by atoms with Gasteiger partial charge in [0, 0.05) is 39.3 Å². The number of rotatable bonds is 9. The van der Waals surface area contributed by atoms with Crippen LogP contribution in [0.2, 0.25) is 0 Å². The van der Waals surface area contributed by atoms with E-state index in [-0.39, 0.29) is 0 Å². The van der Waals surface area contributed by atoms with E-state index in [2.05, 4.69) is 49.4 Å². The highest BCUT2D eigenvalue weighted by molar-refractivity contribution is 4.83. The summed E-state index contributed by atoms with van der Waals surface area (Å²) in [5.74, 6) is 1.74. The van der Waals surface area contributed by atoms with Gasteiger partial charge in [-0.25, -0.2) is 0 Å². The average molecular weight is 384 g/mol. The van der Waals surface area contributed by atoms with Crippen molar-refractivity contribution in [2.24, 2.45) is 11.8 Å². The third-order valence-corrected chi connectivity index (χ3v) is 6.48. The fourth-order valence-corrected chi connectivity index (χ4v) is 4.00. The summed E-state index contributed by atoms with van der Waals surface area (Å²) in [6.45, 7) is 18.6. The van der Waals surface area contributed by atoms with E-state index in [1.165, 1.54) is 84.3 Å². The van der Waals surface area contributed by atoms with Crippen LogP contribution < -0.4 is 0 Å². The van der Waals surface area contributed by atoms with Crippen molar-refractivity contribution in [2.45, 2.75) is 72.3 Å². The van der Waals surface area contributed by atoms with E-state index in [0.29, 0.717) is 6.04 Å². The summed E-state index contributed by atoms with van der Waals surface area (Å²) >= 11 is 0. The molecule has 0 radical (unpaired) electrons. The van der Waals surface area contributed by atoms with E-state index in [0.717, 1.165) is 18.4 Å². The minimum absolute atomic E-state index is 0.584. The maximum atomic E-state index is 5.51. The van der Waals surface area contributed by atoms with Crippen LogP contribution in [0.4, 0.5) is 0 Å². The van der Waals surface area contributed by atoms with Crippen molar-refractivity contribution in [3.63, 3.8) is 0 Å². The Labute approximate surface area is 170 Å². The summed E-state index contributed by atoms with van der Waals surface area (Å²) in [5.41, 5.74) is 0. The topological polar surface area (TPSA) is 19.0 Å². The van der Waals surface area contributed by atoms with Crippen LogP contribution in [0.15, 0.2) is 0 Å². The van der Waals surface area contributed by atoms with Crippen LogP contribution in [0.3, 0.4) is 0 Å². The van der Waals surface area contributed by atoms with Gasteiger partial charge in [-0.15, -0.1) is 0 Å². The standard InChI is InChI=1S/C19H39N3O.C4H10/c1-5-17(2)14-22-13-12-21(15-19(22)16-23-4)11-8-18-6-9-20(3)10-7-18;1-3-4-2/h17-19H,5-16H2,1-4H3;3-4H2,1-2H3. The summed E-state index contributed by atoms with van der Waals surface area (Å²) in [6.07, 6.45) is 8.09. The number of hydrogen-bond acceptors (Lipinski definition) is 4. The molecular formula is C23H49N3O. The zero-order valence-electron chi connectivity index (χ0n) is 19.4. The molecule has 0 N–H and O–H groups in total. The smallest absolute Gasteiger partial charge is 0.0630 e. The summed E-state index contributed by atoms with van der Waals surface area (Å²) in [5, 5.41) is 0. The molecule has 2 aliphatic heterocycles. The number of likely N-dealkylation sites (tertiary alicyclic amines) is 1. The van der Waals surface area contributed by atoms with Crippen molar-refractivity contribution in [2.75, 3.05) is 66.6 Å². The minimum Gasteiger partial charge on any atom is -0.383 e. The predicted octanol–water partition coefficient (Wildman–Crippen LogP) is 4.20. The number of piperazine rings is 1. The van der Waals surface area contributed by atoms with Crippen LogP contribution in [0, 0.1) is 11.8 Å². The molecule has 2 rings (SSSR count). The summed E-state index contributed by atoms with van der Waals surface area (Å²) in [7, 11) is 4.10. The molecule has 0 aromatic rings. The van der Waals surface area contributed by atoms with Crippen LogP contribution in [0.25, 0.3) is 0 Å². The van der Waals surface area contributed by atoms with E-state index in [1.54, 1.807) is 0 Å². The van der Waals surface area contributed by atoms with E-state index >= 15 is 0 Å². The molecule has 0 amide bonds. The Morgan fingerprint density at radius 3 is 2.22 bits per heavy atom. The second kappa shape index (κ2) is 14.8. The van der Waals surface area contributed by atoms with E-state index in [9.17, 15) is 0 Å². The quantitative estimate of drug-likeness (QED) is 0.594. The second-order valence-corrected chi connectivity index (χ2v) is 8.95. The predicted molar refractivity (Wildman–Crippen MR) is 119 cm³/mol.